The molecule has 0 atom stereocenters. The van der Waals surface area contributed by atoms with E-state index in [2.05, 4.69) is 39.7 Å². The van der Waals surface area contributed by atoms with Gasteiger partial charge in [0.05, 0.1) is 45.1 Å². The van der Waals surface area contributed by atoms with Crippen LogP contribution < -0.4 is 9.47 Å². The topological polar surface area (TPSA) is 52.9 Å². The minimum absolute atomic E-state index is 0.356. The normalized spacial score (nSPS) is 15.4. The molecule has 1 aliphatic rings. The van der Waals surface area contributed by atoms with E-state index in [-0.39, 0.29) is 0 Å². The molecule has 1 radical (unpaired) electrons. The summed E-state index contributed by atoms with van der Waals surface area (Å²) >= 11 is 0. The maximum Gasteiger partial charge on any atom is 0.224 e. The highest BCUT2D eigenvalue weighted by Crippen LogP contribution is 2.32. The van der Waals surface area contributed by atoms with Gasteiger partial charge >= 0.3 is 0 Å². The molecule has 0 fully saturated rings. The maximum absolute atomic E-state index is 6.26. The lowest BCUT2D eigenvalue weighted by molar-refractivity contribution is -0.765. The van der Waals surface area contributed by atoms with Crippen molar-refractivity contribution in [3.8, 4) is 11.5 Å². The van der Waals surface area contributed by atoms with Gasteiger partial charge in [-0.15, -0.1) is 0 Å². The Morgan fingerprint density at radius 1 is 0.909 bits per heavy atom. The van der Waals surface area contributed by atoms with Crippen LogP contribution in [0, 0.1) is 13.5 Å². The van der Waals surface area contributed by atoms with Gasteiger partial charge in [0.1, 0.15) is 6.61 Å². The molecule has 1 aromatic heterocycles. The zero-order chi connectivity index (χ0) is 23.6. The third-order valence-electron chi connectivity index (χ3n) is 6.03. The molecule has 0 saturated carbocycles. The number of quaternary nitrogens is 1. The Bertz CT molecular complexity index is 1240. The van der Waals surface area contributed by atoms with E-state index in [0.29, 0.717) is 34.9 Å². The Kier molecular flexibility index (Phi) is 6.38. The minimum atomic E-state index is 0.356. The van der Waals surface area contributed by atoms with Gasteiger partial charge in [-0.25, -0.2) is 4.98 Å². The number of ether oxygens (including phenoxy) is 3. The molecule has 3 aromatic rings. The summed E-state index contributed by atoms with van der Waals surface area (Å²) in [6, 6.07) is 16.2. The molecule has 33 heavy (non-hydrogen) atoms. The number of amidine groups is 1. The molecule has 0 N–H and O–H groups in total. The van der Waals surface area contributed by atoms with Gasteiger partial charge in [0.15, 0.2) is 18.0 Å². The van der Waals surface area contributed by atoms with Crippen molar-refractivity contribution >= 4 is 16.7 Å². The first-order chi connectivity index (χ1) is 15.8. The van der Waals surface area contributed by atoms with Gasteiger partial charge in [-0.2, -0.15) is 4.99 Å². The monoisotopic (exact) mass is 445 g/mol. The number of rotatable bonds is 7. The van der Waals surface area contributed by atoms with Crippen molar-refractivity contribution in [3.05, 3.63) is 83.4 Å². The average Bonchev–Trinajstić information content (AvgIpc) is 2.80. The number of para-hydroxylation sites is 1. The lowest BCUT2D eigenvalue weighted by Crippen LogP contribution is -2.44. The first-order valence-corrected chi connectivity index (χ1v) is 11.0. The third-order valence-corrected chi connectivity index (χ3v) is 6.03. The number of aliphatic imine (C=N–C) groups is 1. The van der Waals surface area contributed by atoms with Gasteiger partial charge in [-0.3, -0.25) is 4.48 Å². The predicted octanol–water partition coefficient (Wildman–Crippen LogP) is 5.20. The van der Waals surface area contributed by atoms with Gasteiger partial charge in [0.25, 0.3) is 0 Å². The van der Waals surface area contributed by atoms with E-state index in [1.165, 1.54) is 5.56 Å². The highest BCUT2D eigenvalue weighted by molar-refractivity contribution is 5.82. The Morgan fingerprint density at radius 2 is 1.67 bits per heavy atom. The largest absolute Gasteiger partial charge is 0.493 e. The molecule has 2 aromatic carbocycles. The summed E-state index contributed by atoms with van der Waals surface area (Å²) in [4.78, 5) is 9.60. The fraction of sp³-hybridized carbons (Fsp3) is 0.296. The van der Waals surface area contributed by atoms with E-state index in [1.807, 2.05) is 43.3 Å². The van der Waals surface area contributed by atoms with Crippen molar-refractivity contribution in [3.63, 3.8) is 0 Å². The van der Waals surface area contributed by atoms with Crippen LogP contribution in [0.3, 0.4) is 0 Å². The lowest BCUT2D eigenvalue weighted by Gasteiger charge is -2.32. The van der Waals surface area contributed by atoms with E-state index in [9.17, 15) is 0 Å². The first-order valence-electron chi connectivity index (χ1n) is 11.0. The van der Waals surface area contributed by atoms with Gasteiger partial charge in [-0.1, -0.05) is 24.3 Å². The number of aromatic nitrogens is 1. The van der Waals surface area contributed by atoms with Crippen LogP contribution in [0.25, 0.3) is 10.9 Å². The molecule has 4 rings (SSSR count). The van der Waals surface area contributed by atoms with E-state index < -0.39 is 0 Å². The summed E-state index contributed by atoms with van der Waals surface area (Å²) in [5.74, 6) is 3.01. The molecule has 1 aliphatic heterocycles. The Morgan fingerprint density at radius 3 is 2.42 bits per heavy atom. The molecule has 0 spiro atoms. The summed E-state index contributed by atoms with van der Waals surface area (Å²) in [5, 5.41) is 1.16. The van der Waals surface area contributed by atoms with Gasteiger partial charge in [-0.05, 0) is 42.3 Å². The second kappa shape index (κ2) is 9.24. The maximum atomic E-state index is 6.26. The number of hydrogen-bond donors (Lipinski definition) is 0. The summed E-state index contributed by atoms with van der Waals surface area (Å²) in [7, 11) is 7.51. The molecule has 171 valence electrons. The van der Waals surface area contributed by atoms with E-state index >= 15 is 0 Å². The summed E-state index contributed by atoms with van der Waals surface area (Å²) in [6.07, 6.45) is 0.665. The number of likely N-dealkylation sites (N-methyl/N-ethyl adjacent to an activating group) is 1. The third kappa shape index (κ3) is 4.86. The molecule has 0 amide bonds. The second-order valence-electron chi connectivity index (χ2n) is 8.76. The first kappa shape index (κ1) is 22.8. The molecule has 6 heteroatoms. The fourth-order valence-electron chi connectivity index (χ4n) is 3.98. The molecule has 2 heterocycles. The number of aryl methyl sites for hydroxylation is 1. The smallest absolute Gasteiger partial charge is 0.224 e. The van der Waals surface area contributed by atoms with Crippen LogP contribution >= 0.6 is 0 Å². The molecule has 0 bridgehead atoms. The van der Waals surface area contributed by atoms with Gasteiger partial charge in [0.2, 0.25) is 11.7 Å². The number of nitrogens with zero attached hydrogens (tertiary/aromatic N) is 3. The number of benzene rings is 2. The van der Waals surface area contributed by atoms with Crippen LogP contribution in [-0.2, 0) is 17.8 Å². The number of pyridine rings is 1. The summed E-state index contributed by atoms with van der Waals surface area (Å²) in [6.45, 7) is 6.67. The van der Waals surface area contributed by atoms with E-state index in [1.54, 1.807) is 14.2 Å². The van der Waals surface area contributed by atoms with E-state index in [4.69, 9.17) is 24.2 Å². The van der Waals surface area contributed by atoms with Gasteiger partial charge < -0.3 is 14.2 Å². The zero-order valence-electron chi connectivity index (χ0n) is 20.2. The van der Waals surface area contributed by atoms with Crippen LogP contribution in [0.4, 0.5) is 0 Å². The predicted molar refractivity (Wildman–Crippen MR) is 131 cm³/mol. The van der Waals surface area contributed by atoms with Crippen LogP contribution in [0.5, 0.6) is 11.5 Å². The number of fused-ring (bicyclic) bond motifs is 1. The van der Waals surface area contributed by atoms with Crippen molar-refractivity contribution < 1.29 is 18.7 Å². The second-order valence-corrected chi connectivity index (χ2v) is 8.76. The standard InChI is InChI=1S/C27H31N3O3/c1-18-13-22(29-24-10-8-7-9-23(18)24)17-33-27-21(16-30(3,4)19(2)28-27)14-20-11-12-25(31-5)26(15-20)32-6/h7-13,15-16H,14,17H2,1-6H3/q+1. The van der Waals surface area contributed by atoms with Crippen molar-refractivity contribution in [1.82, 2.24) is 4.98 Å². The highest BCUT2D eigenvalue weighted by atomic mass is 16.5. The average molecular weight is 446 g/mol. The molecule has 0 saturated heterocycles. The van der Waals surface area contributed by atoms with Crippen LogP contribution in [0.1, 0.15) is 23.7 Å². The SMILES string of the molecule is COc1ccc(CC2=C(OCc3cc(C)c4ccccc4n3)N=C(C)[N+](C)(C)[CH]2)cc1OC. The van der Waals surface area contributed by atoms with E-state index in [0.717, 1.165) is 33.6 Å². The number of methoxy groups -OCH3 is 2. The van der Waals surface area contributed by atoms with Crippen molar-refractivity contribution in [1.29, 1.82) is 0 Å². The Hall–Kier alpha value is -3.38. The van der Waals surface area contributed by atoms with Crippen molar-refractivity contribution in [2.45, 2.75) is 26.9 Å². The molecule has 0 aliphatic carbocycles. The van der Waals surface area contributed by atoms with Gasteiger partial charge in [0, 0.05) is 18.7 Å². The van der Waals surface area contributed by atoms with Crippen LogP contribution in [0.2, 0.25) is 0 Å². The molecular formula is C27H31N3O3+. The number of hydrogen-bond acceptors (Lipinski definition) is 5. The summed E-state index contributed by atoms with van der Waals surface area (Å²) in [5.41, 5.74) is 5.16. The van der Waals surface area contributed by atoms with Crippen LogP contribution in [0.15, 0.2) is 65.0 Å². The highest BCUT2D eigenvalue weighted by Gasteiger charge is 2.31. The lowest BCUT2D eigenvalue weighted by atomic mass is 10.0. The molecule has 6 nitrogen and oxygen atoms in total. The molecule has 0 unspecified atom stereocenters. The zero-order valence-corrected chi connectivity index (χ0v) is 20.2. The molecular weight excluding hydrogens is 414 g/mol. The van der Waals surface area contributed by atoms with Crippen molar-refractivity contribution in [2.24, 2.45) is 4.99 Å². The summed E-state index contributed by atoms with van der Waals surface area (Å²) < 4.78 is 17.7. The Labute approximate surface area is 195 Å². The quantitative estimate of drug-likeness (QED) is 0.469. The Balaban J connectivity index is 1.63. The van der Waals surface area contributed by atoms with Crippen molar-refractivity contribution in [2.75, 3.05) is 28.3 Å². The fourth-order valence-corrected chi connectivity index (χ4v) is 3.98. The van der Waals surface area contributed by atoms with Crippen LogP contribution in [-0.4, -0.2) is 43.6 Å². The minimum Gasteiger partial charge on any atom is -0.493 e.